The van der Waals surface area contributed by atoms with Crippen molar-refractivity contribution in [1.82, 2.24) is 5.32 Å². The molecule has 0 aliphatic carbocycles. The maximum atomic E-state index is 10.7. The molecule has 0 fully saturated rings. The van der Waals surface area contributed by atoms with Crippen molar-refractivity contribution in [2.75, 3.05) is 37.4 Å². The molecule has 2 aromatic rings. The molecule has 8 heteroatoms. The Morgan fingerprint density at radius 2 is 1.80 bits per heavy atom. The van der Waals surface area contributed by atoms with Gasteiger partial charge >= 0.3 is 0 Å². The third-order valence-electron chi connectivity index (χ3n) is 3.56. The molecule has 0 unspecified atom stereocenters. The van der Waals surface area contributed by atoms with Crippen LogP contribution in [0.2, 0.25) is 5.02 Å². The van der Waals surface area contributed by atoms with E-state index in [-0.39, 0.29) is 18.1 Å². The van der Waals surface area contributed by atoms with Crippen molar-refractivity contribution < 1.29 is 4.92 Å². The Labute approximate surface area is 158 Å². The Morgan fingerprint density at radius 3 is 2.36 bits per heavy atom. The van der Waals surface area contributed by atoms with Gasteiger partial charge in [0.15, 0.2) is 0 Å². The lowest BCUT2D eigenvalue weighted by Crippen LogP contribution is -2.21. The molecule has 0 aromatic heterocycles. The van der Waals surface area contributed by atoms with E-state index in [0.29, 0.717) is 17.3 Å². The summed E-state index contributed by atoms with van der Waals surface area (Å²) in [7, 11) is 4.03. The van der Waals surface area contributed by atoms with E-state index in [1.54, 1.807) is 6.07 Å². The molecule has 0 heterocycles. The molecule has 0 atom stereocenters. The van der Waals surface area contributed by atoms with Gasteiger partial charge in [-0.2, -0.15) is 0 Å². The van der Waals surface area contributed by atoms with Crippen LogP contribution in [-0.2, 0) is 6.54 Å². The second-order valence-electron chi connectivity index (χ2n) is 5.59. The molecule has 0 saturated carbocycles. The second-order valence-corrected chi connectivity index (χ2v) is 5.99. The summed E-state index contributed by atoms with van der Waals surface area (Å²) in [5, 5.41) is 17.5. The maximum Gasteiger partial charge on any atom is 0.271 e. The Balaban J connectivity index is 0.00000312. The van der Waals surface area contributed by atoms with Gasteiger partial charge in [-0.15, -0.1) is 12.4 Å². The number of nitrogens with zero attached hydrogens (tertiary/aromatic N) is 2. The van der Waals surface area contributed by atoms with E-state index in [1.165, 1.54) is 23.4 Å². The quantitative estimate of drug-likeness (QED) is 0.409. The Bertz CT molecular complexity index is 694. The van der Waals surface area contributed by atoms with Crippen LogP contribution in [0, 0.1) is 10.1 Å². The highest BCUT2D eigenvalue weighted by Gasteiger charge is 2.08. The highest BCUT2D eigenvalue weighted by atomic mass is 35.5. The first kappa shape index (κ1) is 21.0. The molecule has 0 saturated heterocycles. The van der Waals surface area contributed by atoms with Crippen molar-refractivity contribution in [2.45, 2.75) is 6.54 Å². The molecule has 2 N–H and O–H groups in total. The van der Waals surface area contributed by atoms with E-state index in [4.69, 9.17) is 11.6 Å². The highest BCUT2D eigenvalue weighted by molar-refractivity contribution is 6.33. The third-order valence-corrected chi connectivity index (χ3v) is 3.88. The number of nitro groups is 1. The van der Waals surface area contributed by atoms with Crippen LogP contribution in [0.25, 0.3) is 0 Å². The van der Waals surface area contributed by atoms with Gasteiger partial charge in [-0.25, -0.2) is 0 Å². The number of anilines is 2. The van der Waals surface area contributed by atoms with Gasteiger partial charge < -0.3 is 15.5 Å². The minimum absolute atomic E-state index is 0. The number of hydrogen-bond donors (Lipinski definition) is 2. The van der Waals surface area contributed by atoms with E-state index in [9.17, 15) is 10.1 Å². The zero-order chi connectivity index (χ0) is 17.5. The predicted octanol–water partition coefficient (Wildman–Crippen LogP) is 3.94. The Hall–Kier alpha value is -2.02. The summed E-state index contributed by atoms with van der Waals surface area (Å²) in [4.78, 5) is 12.3. The molecular weight excluding hydrogens is 363 g/mol. The first-order valence-corrected chi connectivity index (χ1v) is 8.00. The van der Waals surface area contributed by atoms with Crippen molar-refractivity contribution in [3.63, 3.8) is 0 Å². The van der Waals surface area contributed by atoms with Crippen LogP contribution < -0.4 is 15.5 Å². The van der Waals surface area contributed by atoms with Crippen LogP contribution in [0.5, 0.6) is 0 Å². The van der Waals surface area contributed by atoms with E-state index >= 15 is 0 Å². The van der Waals surface area contributed by atoms with Crippen LogP contribution in [-0.4, -0.2) is 32.1 Å². The van der Waals surface area contributed by atoms with Crippen LogP contribution >= 0.6 is 24.0 Å². The van der Waals surface area contributed by atoms with Gasteiger partial charge in [0.25, 0.3) is 5.69 Å². The summed E-state index contributed by atoms with van der Waals surface area (Å²) in [6, 6.07) is 12.8. The molecule has 2 aromatic carbocycles. The summed E-state index contributed by atoms with van der Waals surface area (Å²) in [5.74, 6) is 0. The van der Waals surface area contributed by atoms with Crippen molar-refractivity contribution in [3.05, 3.63) is 63.2 Å². The van der Waals surface area contributed by atoms with Crippen molar-refractivity contribution >= 4 is 41.1 Å². The largest absolute Gasteiger partial charge is 0.383 e. The number of nitro benzene ring substituents is 1. The molecule has 25 heavy (non-hydrogen) atoms. The molecule has 0 bridgehead atoms. The molecule has 0 spiro atoms. The topological polar surface area (TPSA) is 70.4 Å². The number of hydrogen-bond acceptors (Lipinski definition) is 5. The van der Waals surface area contributed by atoms with Gasteiger partial charge in [0, 0.05) is 51.5 Å². The molecule has 0 aliphatic heterocycles. The smallest absolute Gasteiger partial charge is 0.271 e. The van der Waals surface area contributed by atoms with Crippen molar-refractivity contribution in [1.29, 1.82) is 0 Å². The maximum absolute atomic E-state index is 10.7. The van der Waals surface area contributed by atoms with E-state index < -0.39 is 4.92 Å². The lowest BCUT2D eigenvalue weighted by atomic mass is 10.2. The van der Waals surface area contributed by atoms with Gasteiger partial charge in [-0.3, -0.25) is 10.1 Å². The molecule has 0 aliphatic rings. The zero-order valence-corrected chi connectivity index (χ0v) is 15.7. The SMILES string of the molecule is CN(C)c1ccc(CNCCNc2ccc([N+](=O)[O-])cc2Cl)cc1.Cl. The normalized spacial score (nSPS) is 10.0. The fourth-order valence-electron chi connectivity index (χ4n) is 2.19. The highest BCUT2D eigenvalue weighted by Crippen LogP contribution is 2.26. The average molecular weight is 385 g/mol. The zero-order valence-electron chi connectivity index (χ0n) is 14.2. The van der Waals surface area contributed by atoms with E-state index in [0.717, 1.165) is 13.1 Å². The fourth-order valence-corrected chi connectivity index (χ4v) is 2.43. The average Bonchev–Trinajstić information content (AvgIpc) is 2.56. The minimum Gasteiger partial charge on any atom is -0.383 e. The second kappa shape index (κ2) is 10.1. The Kier molecular flexibility index (Phi) is 8.48. The van der Waals surface area contributed by atoms with Crippen LogP contribution in [0.15, 0.2) is 42.5 Å². The molecular formula is C17H22Cl2N4O2. The van der Waals surface area contributed by atoms with Gasteiger partial charge in [-0.1, -0.05) is 23.7 Å². The monoisotopic (exact) mass is 384 g/mol. The summed E-state index contributed by atoms with van der Waals surface area (Å²) in [5.41, 5.74) is 3.08. The number of nitrogens with one attached hydrogen (secondary N) is 2. The standard InChI is InChI=1S/C17H21ClN4O2.ClH/c1-21(2)14-5-3-13(4-6-14)12-19-9-10-20-17-8-7-15(22(23)24)11-16(17)18;/h3-8,11,19-20H,9-10,12H2,1-2H3;1H. The van der Waals surface area contributed by atoms with Gasteiger partial charge in [0.1, 0.15) is 0 Å². The molecule has 6 nitrogen and oxygen atoms in total. The lowest BCUT2D eigenvalue weighted by Gasteiger charge is -2.13. The van der Waals surface area contributed by atoms with Crippen LogP contribution in [0.4, 0.5) is 17.1 Å². The van der Waals surface area contributed by atoms with Gasteiger partial charge in [0.2, 0.25) is 0 Å². The molecule has 2 rings (SSSR count). The number of non-ortho nitro benzene ring substituents is 1. The van der Waals surface area contributed by atoms with Gasteiger partial charge in [-0.05, 0) is 23.8 Å². The Morgan fingerprint density at radius 1 is 1.12 bits per heavy atom. The number of rotatable bonds is 8. The fraction of sp³-hybridized carbons (Fsp3) is 0.294. The summed E-state index contributed by atoms with van der Waals surface area (Å²) in [6.07, 6.45) is 0. The van der Waals surface area contributed by atoms with E-state index in [2.05, 4.69) is 39.8 Å². The summed E-state index contributed by atoms with van der Waals surface area (Å²) in [6.45, 7) is 2.21. The summed E-state index contributed by atoms with van der Waals surface area (Å²) >= 11 is 6.03. The molecule has 0 amide bonds. The first-order chi connectivity index (χ1) is 11.5. The summed E-state index contributed by atoms with van der Waals surface area (Å²) < 4.78 is 0. The van der Waals surface area contributed by atoms with E-state index in [1.807, 2.05) is 14.1 Å². The third kappa shape index (κ3) is 6.42. The number of benzene rings is 2. The van der Waals surface area contributed by atoms with Gasteiger partial charge in [0.05, 0.1) is 15.6 Å². The van der Waals surface area contributed by atoms with Crippen LogP contribution in [0.1, 0.15) is 5.56 Å². The van der Waals surface area contributed by atoms with Crippen LogP contribution in [0.3, 0.4) is 0 Å². The van der Waals surface area contributed by atoms with Crippen molar-refractivity contribution in [3.8, 4) is 0 Å². The predicted molar refractivity (Wildman–Crippen MR) is 106 cm³/mol. The number of halogens is 2. The molecule has 0 radical (unpaired) electrons. The molecule has 136 valence electrons. The minimum atomic E-state index is -0.460. The van der Waals surface area contributed by atoms with Crippen molar-refractivity contribution in [2.24, 2.45) is 0 Å². The lowest BCUT2D eigenvalue weighted by molar-refractivity contribution is -0.384. The first-order valence-electron chi connectivity index (χ1n) is 7.62.